The van der Waals surface area contributed by atoms with Gasteiger partial charge in [0.1, 0.15) is 18.2 Å². The number of rotatable bonds is 7. The van der Waals surface area contributed by atoms with Gasteiger partial charge in [-0.1, -0.05) is 72.3 Å². The van der Waals surface area contributed by atoms with Crippen LogP contribution in [-0.4, -0.2) is 35.3 Å². The van der Waals surface area contributed by atoms with Gasteiger partial charge >= 0.3 is 12.1 Å². The smallest absolute Gasteiger partial charge is 0.407 e. The Labute approximate surface area is 233 Å². The fraction of sp³-hybridized carbons (Fsp3) is 0.281. The minimum Gasteiger partial charge on any atom is -0.458 e. The molecule has 0 bridgehead atoms. The predicted molar refractivity (Wildman–Crippen MR) is 154 cm³/mol. The number of carbonyl (C=O) groups is 2. The largest absolute Gasteiger partial charge is 0.458 e. The van der Waals surface area contributed by atoms with Crippen molar-refractivity contribution in [2.45, 2.75) is 51.7 Å². The van der Waals surface area contributed by atoms with Crippen molar-refractivity contribution in [1.82, 2.24) is 10.3 Å². The molecule has 1 amide bonds. The van der Waals surface area contributed by atoms with Gasteiger partial charge in [0.15, 0.2) is 0 Å². The van der Waals surface area contributed by atoms with E-state index in [0.717, 1.165) is 43.8 Å². The first-order valence-corrected chi connectivity index (χ1v) is 13.9. The summed E-state index contributed by atoms with van der Waals surface area (Å²) in [6.45, 7) is 7.60. The molecule has 1 N–H and O–H groups in total. The third-order valence-corrected chi connectivity index (χ3v) is 7.52. The van der Waals surface area contributed by atoms with Crippen molar-refractivity contribution in [3.63, 3.8) is 0 Å². The lowest BCUT2D eigenvalue weighted by Crippen LogP contribution is -2.46. The number of fused-ring (bicyclic) bond motifs is 3. The third-order valence-electron chi connectivity index (χ3n) is 6.71. The molecule has 200 valence electrons. The molecule has 0 saturated heterocycles. The number of esters is 1. The van der Waals surface area contributed by atoms with Gasteiger partial charge < -0.3 is 14.8 Å². The van der Waals surface area contributed by atoms with E-state index in [1.54, 1.807) is 11.7 Å². The number of hydrogen-bond donors (Lipinski definition) is 1. The highest BCUT2D eigenvalue weighted by Crippen LogP contribution is 2.44. The zero-order valence-corrected chi connectivity index (χ0v) is 23.4. The molecular formula is C32H32N2O4S. The van der Waals surface area contributed by atoms with E-state index in [1.165, 1.54) is 11.3 Å². The van der Waals surface area contributed by atoms with Crippen LogP contribution in [0.5, 0.6) is 0 Å². The van der Waals surface area contributed by atoms with Crippen molar-refractivity contribution in [3.8, 4) is 21.6 Å². The number of thiazole rings is 1. The number of aryl methyl sites for hydroxylation is 1. The van der Waals surface area contributed by atoms with Crippen LogP contribution >= 0.6 is 11.3 Å². The molecule has 5 rings (SSSR count). The summed E-state index contributed by atoms with van der Waals surface area (Å²) in [5, 5.41) is 2.80. The van der Waals surface area contributed by atoms with Crippen LogP contribution in [0, 0.1) is 6.92 Å². The number of nitrogens with one attached hydrogen (secondary N) is 1. The summed E-state index contributed by atoms with van der Waals surface area (Å²) < 4.78 is 11.4. The summed E-state index contributed by atoms with van der Waals surface area (Å²) in [7, 11) is 0. The maximum absolute atomic E-state index is 13.3. The van der Waals surface area contributed by atoms with E-state index in [4.69, 9.17) is 9.47 Å². The highest BCUT2D eigenvalue weighted by atomic mass is 32.1. The first-order valence-electron chi connectivity index (χ1n) is 13.0. The molecule has 1 aliphatic rings. The molecule has 0 unspecified atom stereocenters. The Morgan fingerprint density at radius 1 is 0.974 bits per heavy atom. The van der Waals surface area contributed by atoms with Crippen molar-refractivity contribution in [3.05, 3.63) is 101 Å². The molecule has 0 aliphatic heterocycles. The van der Waals surface area contributed by atoms with Crippen LogP contribution in [0.3, 0.4) is 0 Å². The SMILES string of the molecule is Cc1ccc(-c2cncs2)c(C[C@H](NC(=O)OCC2c3ccccc3-c3ccccc32)C(=O)OC(C)(C)C)c1. The first kappa shape index (κ1) is 26.6. The molecule has 4 aromatic rings. The van der Waals surface area contributed by atoms with Crippen LogP contribution in [-0.2, 0) is 20.7 Å². The van der Waals surface area contributed by atoms with E-state index >= 15 is 0 Å². The van der Waals surface area contributed by atoms with Gasteiger partial charge in [-0.2, -0.15) is 0 Å². The van der Waals surface area contributed by atoms with E-state index < -0.39 is 23.7 Å². The monoisotopic (exact) mass is 540 g/mol. The van der Waals surface area contributed by atoms with Crippen molar-refractivity contribution in [1.29, 1.82) is 0 Å². The number of aromatic nitrogens is 1. The van der Waals surface area contributed by atoms with E-state index in [-0.39, 0.29) is 18.9 Å². The quantitative estimate of drug-likeness (QED) is 0.258. The summed E-state index contributed by atoms with van der Waals surface area (Å²) in [5.74, 6) is -0.578. The average Bonchev–Trinajstić information content (AvgIpc) is 3.53. The van der Waals surface area contributed by atoms with Crippen molar-refractivity contribution >= 4 is 23.4 Å². The molecule has 1 atom stereocenters. The topological polar surface area (TPSA) is 77.5 Å². The molecule has 6 nitrogen and oxygen atoms in total. The minimum absolute atomic E-state index is 0.0715. The van der Waals surface area contributed by atoms with Crippen LogP contribution in [0.25, 0.3) is 21.6 Å². The fourth-order valence-electron chi connectivity index (χ4n) is 5.05. The van der Waals surface area contributed by atoms with Crippen LogP contribution in [0.15, 0.2) is 78.4 Å². The second-order valence-corrected chi connectivity index (χ2v) is 11.7. The molecule has 0 spiro atoms. The lowest BCUT2D eigenvalue weighted by molar-refractivity contribution is -0.157. The summed E-state index contributed by atoms with van der Waals surface area (Å²) in [6.07, 6.45) is 1.41. The van der Waals surface area contributed by atoms with Crippen molar-refractivity contribution in [2.75, 3.05) is 6.61 Å². The summed E-state index contributed by atoms with van der Waals surface area (Å²) in [4.78, 5) is 31.6. The second kappa shape index (κ2) is 11.0. The van der Waals surface area contributed by atoms with E-state index in [2.05, 4.69) is 34.6 Å². The average molecular weight is 541 g/mol. The van der Waals surface area contributed by atoms with Gasteiger partial charge in [-0.05, 0) is 61.1 Å². The Morgan fingerprint density at radius 2 is 1.64 bits per heavy atom. The van der Waals surface area contributed by atoms with Gasteiger partial charge in [-0.3, -0.25) is 4.98 Å². The summed E-state index contributed by atoms with van der Waals surface area (Å²) in [6, 6.07) is 21.5. The Balaban J connectivity index is 1.35. The number of carbonyl (C=O) groups excluding carboxylic acids is 2. The van der Waals surface area contributed by atoms with Gasteiger partial charge in [0.2, 0.25) is 0 Å². The molecule has 0 saturated carbocycles. The van der Waals surface area contributed by atoms with Crippen LogP contribution in [0.1, 0.15) is 48.9 Å². The van der Waals surface area contributed by atoms with Gasteiger partial charge in [0, 0.05) is 18.5 Å². The third kappa shape index (κ3) is 6.04. The first-order chi connectivity index (χ1) is 18.7. The van der Waals surface area contributed by atoms with E-state index in [0.29, 0.717) is 0 Å². The highest BCUT2D eigenvalue weighted by Gasteiger charge is 2.31. The number of ether oxygens (including phenoxy) is 2. The summed E-state index contributed by atoms with van der Waals surface area (Å²) in [5.41, 5.74) is 8.60. The molecule has 0 radical (unpaired) electrons. The van der Waals surface area contributed by atoms with Crippen LogP contribution in [0.2, 0.25) is 0 Å². The van der Waals surface area contributed by atoms with Crippen molar-refractivity contribution < 1.29 is 19.1 Å². The zero-order valence-electron chi connectivity index (χ0n) is 22.6. The predicted octanol–water partition coefficient (Wildman–Crippen LogP) is 6.91. The lowest BCUT2D eigenvalue weighted by Gasteiger charge is -2.25. The normalized spacial score (nSPS) is 13.3. The molecule has 1 heterocycles. The molecule has 39 heavy (non-hydrogen) atoms. The van der Waals surface area contributed by atoms with Crippen LogP contribution in [0.4, 0.5) is 4.79 Å². The minimum atomic E-state index is -0.923. The number of alkyl carbamates (subject to hydrolysis) is 1. The Morgan fingerprint density at radius 3 is 2.26 bits per heavy atom. The van der Waals surface area contributed by atoms with Gasteiger partial charge in [0.05, 0.1) is 10.4 Å². The van der Waals surface area contributed by atoms with Gasteiger partial charge in [-0.15, -0.1) is 11.3 Å². The number of benzene rings is 3. The van der Waals surface area contributed by atoms with E-state index in [1.807, 2.05) is 70.2 Å². The molecule has 1 aromatic heterocycles. The Bertz CT molecular complexity index is 1440. The maximum Gasteiger partial charge on any atom is 0.407 e. The molecule has 7 heteroatoms. The zero-order chi connectivity index (χ0) is 27.6. The van der Waals surface area contributed by atoms with Gasteiger partial charge in [-0.25, -0.2) is 9.59 Å². The number of amides is 1. The Kier molecular flexibility index (Phi) is 7.53. The second-order valence-electron chi connectivity index (χ2n) is 10.8. The molecule has 1 aliphatic carbocycles. The molecule has 0 fully saturated rings. The van der Waals surface area contributed by atoms with E-state index in [9.17, 15) is 9.59 Å². The van der Waals surface area contributed by atoms with Crippen molar-refractivity contribution in [2.24, 2.45) is 0 Å². The van der Waals surface area contributed by atoms with Crippen LogP contribution < -0.4 is 5.32 Å². The molecular weight excluding hydrogens is 508 g/mol. The van der Waals surface area contributed by atoms with Gasteiger partial charge in [0.25, 0.3) is 0 Å². The number of hydrogen-bond acceptors (Lipinski definition) is 6. The Hall–Kier alpha value is -3.97. The number of nitrogens with zero attached hydrogens (tertiary/aromatic N) is 1. The fourth-order valence-corrected chi connectivity index (χ4v) is 5.73. The molecule has 3 aromatic carbocycles. The highest BCUT2D eigenvalue weighted by molar-refractivity contribution is 7.13. The lowest BCUT2D eigenvalue weighted by atomic mass is 9.97. The maximum atomic E-state index is 13.3. The summed E-state index contributed by atoms with van der Waals surface area (Å²) >= 11 is 1.53. The standard InChI is InChI=1S/C32H32N2O4S/c1-20-13-14-22(29-17-33-19-39-29)21(15-20)16-28(30(35)38-32(2,3)4)34-31(36)37-18-27-25-11-7-5-9-23(25)24-10-6-8-12-26(24)27/h5-15,17,19,27-28H,16,18H2,1-4H3,(H,34,36)/t28-/m0/s1.